The van der Waals surface area contributed by atoms with Gasteiger partial charge in [0.2, 0.25) is 0 Å². The molecule has 0 aromatic heterocycles. The van der Waals surface area contributed by atoms with Gasteiger partial charge in [-0.25, -0.2) is 9.69 Å². The number of imide groups is 1. The average Bonchev–Trinajstić information content (AvgIpc) is 2.90. The number of nitrogens with zero attached hydrogens (tertiary/aromatic N) is 1. The van der Waals surface area contributed by atoms with Crippen LogP contribution in [0, 0.1) is 0 Å². The second-order valence-corrected chi connectivity index (χ2v) is 10.1. The molecule has 9 heteroatoms. The van der Waals surface area contributed by atoms with Gasteiger partial charge in [-0.2, -0.15) is 0 Å². The second-order valence-electron chi connectivity index (χ2n) is 7.86. The molecular formula is C22H21Cl2NO5S. The van der Waals surface area contributed by atoms with Crippen molar-refractivity contribution in [2.24, 2.45) is 0 Å². The molecule has 1 aliphatic heterocycles. The molecule has 1 heterocycles. The number of hydrogen-bond acceptors (Lipinski definition) is 5. The van der Waals surface area contributed by atoms with Crippen LogP contribution in [0.2, 0.25) is 10.0 Å². The van der Waals surface area contributed by atoms with Gasteiger partial charge >= 0.3 is 6.09 Å². The number of fused-ring (bicyclic) bond motifs is 1. The summed E-state index contributed by atoms with van der Waals surface area (Å²) < 4.78 is 22.5. The van der Waals surface area contributed by atoms with Crippen molar-refractivity contribution in [2.45, 2.75) is 26.4 Å². The van der Waals surface area contributed by atoms with E-state index in [9.17, 15) is 13.8 Å². The van der Waals surface area contributed by atoms with Crippen LogP contribution in [-0.2, 0) is 20.3 Å². The maximum atomic E-state index is 13.3. The molecule has 0 N–H and O–H groups in total. The Bertz CT molecular complexity index is 1110. The van der Waals surface area contributed by atoms with E-state index in [-0.39, 0.29) is 11.5 Å². The van der Waals surface area contributed by atoms with Gasteiger partial charge in [0.15, 0.2) is 5.94 Å². The molecule has 0 radical (unpaired) electrons. The van der Waals surface area contributed by atoms with E-state index >= 15 is 0 Å². The van der Waals surface area contributed by atoms with Crippen molar-refractivity contribution in [3.8, 4) is 5.75 Å². The van der Waals surface area contributed by atoms with Crippen LogP contribution in [0.3, 0.4) is 0 Å². The zero-order valence-electron chi connectivity index (χ0n) is 17.4. The largest absolute Gasteiger partial charge is 0.480 e. The summed E-state index contributed by atoms with van der Waals surface area (Å²) in [6, 6.07) is 9.73. The Balaban J connectivity index is 2.10. The zero-order chi connectivity index (χ0) is 22.9. The number of rotatable bonds is 4. The molecule has 31 heavy (non-hydrogen) atoms. The molecule has 0 saturated carbocycles. The van der Waals surface area contributed by atoms with E-state index in [1.807, 2.05) is 0 Å². The highest BCUT2D eigenvalue weighted by Gasteiger charge is 2.39. The summed E-state index contributed by atoms with van der Waals surface area (Å²) in [5, 5.41) is 0.807. The molecule has 6 nitrogen and oxygen atoms in total. The summed E-state index contributed by atoms with van der Waals surface area (Å²) in [4.78, 5) is 27.0. The van der Waals surface area contributed by atoms with Gasteiger partial charge in [-0.05, 0) is 57.2 Å². The lowest BCUT2D eigenvalue weighted by Gasteiger charge is -2.23. The van der Waals surface area contributed by atoms with E-state index < -0.39 is 28.4 Å². The lowest BCUT2D eigenvalue weighted by molar-refractivity contribution is -0.112. The normalized spacial score (nSPS) is 15.7. The van der Waals surface area contributed by atoms with Crippen molar-refractivity contribution in [3.05, 3.63) is 57.6 Å². The first kappa shape index (κ1) is 23.3. The highest BCUT2D eigenvalue weighted by Crippen LogP contribution is 2.41. The molecule has 3 rings (SSSR count). The third-order valence-electron chi connectivity index (χ3n) is 4.15. The number of carbonyl (C=O) groups is 2. The Morgan fingerprint density at radius 2 is 1.77 bits per heavy atom. The smallest absolute Gasteiger partial charge is 0.422 e. The summed E-state index contributed by atoms with van der Waals surface area (Å²) in [5.41, 5.74) is 0.824. The first-order valence-electron chi connectivity index (χ1n) is 9.28. The Kier molecular flexibility index (Phi) is 6.79. The highest BCUT2D eigenvalue weighted by atomic mass is 35.5. The Hall–Kier alpha value is -2.35. The first-order valence-corrected chi connectivity index (χ1v) is 11.8. The van der Waals surface area contributed by atoms with Crippen molar-refractivity contribution in [2.75, 3.05) is 17.1 Å². The molecule has 0 bridgehead atoms. The van der Waals surface area contributed by atoms with Crippen LogP contribution in [0.5, 0.6) is 5.75 Å². The maximum absolute atomic E-state index is 13.3. The van der Waals surface area contributed by atoms with E-state index in [1.165, 1.54) is 12.3 Å². The standard InChI is InChI=1S/C22H21Cl2NO5S/c1-22(2,3)30-21(27)25-18-11-15(24)5-7-16(18)17(20(25)26)10-13-9-14(23)6-8-19(13)29-12-31(4)28/h5-11H,12H2,1-4H3/b17-10-. The molecule has 0 fully saturated rings. The molecule has 1 aliphatic rings. The monoisotopic (exact) mass is 481 g/mol. The molecule has 164 valence electrons. The van der Waals surface area contributed by atoms with Crippen LogP contribution in [-0.4, -0.2) is 34.0 Å². The Morgan fingerprint density at radius 3 is 2.42 bits per heavy atom. The number of hydrogen-bond donors (Lipinski definition) is 0. The Labute approximate surface area is 193 Å². The third kappa shape index (κ3) is 5.47. The van der Waals surface area contributed by atoms with E-state index in [2.05, 4.69) is 0 Å². The van der Waals surface area contributed by atoms with Crippen LogP contribution in [0.15, 0.2) is 36.4 Å². The van der Waals surface area contributed by atoms with E-state index in [0.29, 0.717) is 32.6 Å². The van der Waals surface area contributed by atoms with Gasteiger partial charge in [0.1, 0.15) is 11.4 Å². The van der Waals surface area contributed by atoms with Gasteiger partial charge in [0.25, 0.3) is 5.91 Å². The van der Waals surface area contributed by atoms with Gasteiger partial charge in [0.05, 0.1) is 22.1 Å². The van der Waals surface area contributed by atoms with Crippen LogP contribution in [0.25, 0.3) is 11.6 Å². The highest BCUT2D eigenvalue weighted by molar-refractivity contribution is 7.84. The molecule has 0 saturated heterocycles. The van der Waals surface area contributed by atoms with Crippen molar-refractivity contribution in [1.29, 1.82) is 0 Å². The van der Waals surface area contributed by atoms with Crippen LogP contribution >= 0.6 is 23.2 Å². The fourth-order valence-electron chi connectivity index (χ4n) is 2.96. The van der Waals surface area contributed by atoms with E-state index in [1.54, 1.807) is 57.2 Å². The molecule has 0 aliphatic carbocycles. The van der Waals surface area contributed by atoms with Crippen molar-refractivity contribution in [1.82, 2.24) is 0 Å². The van der Waals surface area contributed by atoms with E-state index in [0.717, 1.165) is 4.90 Å². The summed E-state index contributed by atoms with van der Waals surface area (Å²) in [7, 11) is -1.18. The summed E-state index contributed by atoms with van der Waals surface area (Å²) >= 11 is 12.3. The third-order valence-corrected chi connectivity index (χ3v) is 5.07. The molecule has 2 amide bonds. The quantitative estimate of drug-likeness (QED) is 0.536. The Morgan fingerprint density at radius 1 is 1.13 bits per heavy atom. The van der Waals surface area contributed by atoms with Gasteiger partial charge < -0.3 is 9.47 Å². The molecule has 1 atom stereocenters. The van der Waals surface area contributed by atoms with Gasteiger partial charge in [-0.15, -0.1) is 0 Å². The van der Waals surface area contributed by atoms with Crippen LogP contribution in [0.4, 0.5) is 10.5 Å². The number of amides is 2. The van der Waals surface area contributed by atoms with Crippen molar-refractivity contribution in [3.63, 3.8) is 0 Å². The van der Waals surface area contributed by atoms with Crippen molar-refractivity contribution >= 4 is 63.3 Å². The average molecular weight is 482 g/mol. The van der Waals surface area contributed by atoms with Crippen LogP contribution < -0.4 is 9.64 Å². The summed E-state index contributed by atoms with van der Waals surface area (Å²) in [5.74, 6) is -0.162. The SMILES string of the molecule is CS(=O)COc1ccc(Cl)cc1/C=C1\C(=O)N(C(=O)OC(C)(C)C)c2cc(Cl)ccc21. The lowest BCUT2D eigenvalue weighted by Crippen LogP contribution is -2.38. The first-order chi connectivity index (χ1) is 14.5. The molecule has 1 unspecified atom stereocenters. The maximum Gasteiger partial charge on any atom is 0.422 e. The predicted molar refractivity (Wildman–Crippen MR) is 124 cm³/mol. The van der Waals surface area contributed by atoms with Crippen LogP contribution in [0.1, 0.15) is 31.9 Å². The fraction of sp³-hybridized carbons (Fsp3) is 0.273. The number of halogens is 2. The summed E-state index contributed by atoms with van der Waals surface area (Å²) in [6.07, 6.45) is 2.31. The van der Waals surface area contributed by atoms with Gasteiger partial charge in [0, 0.05) is 27.4 Å². The van der Waals surface area contributed by atoms with Gasteiger partial charge in [-0.1, -0.05) is 29.3 Å². The van der Waals surface area contributed by atoms with E-state index in [4.69, 9.17) is 32.7 Å². The second kappa shape index (κ2) is 9.02. The molecule has 0 spiro atoms. The molecule has 2 aromatic carbocycles. The number of carbonyl (C=O) groups excluding carboxylic acids is 2. The molecular weight excluding hydrogens is 461 g/mol. The molecule has 2 aromatic rings. The number of benzene rings is 2. The fourth-order valence-corrected chi connectivity index (χ4v) is 3.60. The predicted octanol–water partition coefficient (Wildman–Crippen LogP) is 5.53. The minimum atomic E-state index is -1.18. The minimum Gasteiger partial charge on any atom is -0.480 e. The number of ether oxygens (including phenoxy) is 2. The lowest BCUT2D eigenvalue weighted by atomic mass is 10.0. The minimum absolute atomic E-state index is 0.0119. The number of anilines is 1. The van der Waals surface area contributed by atoms with Crippen molar-refractivity contribution < 1.29 is 23.3 Å². The van der Waals surface area contributed by atoms with Gasteiger partial charge in [-0.3, -0.25) is 9.00 Å². The topological polar surface area (TPSA) is 72.9 Å². The summed E-state index contributed by atoms with van der Waals surface area (Å²) in [6.45, 7) is 5.15. The zero-order valence-corrected chi connectivity index (χ0v) is 19.7.